The molecule has 8 heteroatoms. The van der Waals surface area contributed by atoms with Crippen LogP contribution in [0.5, 0.6) is 0 Å². The van der Waals surface area contributed by atoms with E-state index in [0.717, 1.165) is 6.20 Å². The Morgan fingerprint density at radius 2 is 2.00 bits per heavy atom. The van der Waals surface area contributed by atoms with Crippen LogP contribution >= 0.6 is 23.2 Å². The molecule has 0 radical (unpaired) electrons. The number of hydrogen-bond acceptors (Lipinski definition) is 5. The highest BCUT2D eigenvalue weighted by atomic mass is 35.5. The molecule has 1 heterocycles. The van der Waals surface area contributed by atoms with Gasteiger partial charge in [-0.25, -0.2) is 15.2 Å². The van der Waals surface area contributed by atoms with E-state index in [1.165, 1.54) is 0 Å². The molecule has 0 unspecified atom stereocenters. The molecule has 18 heavy (non-hydrogen) atoms. The van der Waals surface area contributed by atoms with Crippen LogP contribution in [0.15, 0.2) is 24.4 Å². The molecule has 0 saturated carbocycles. The molecule has 0 aliphatic rings. The van der Waals surface area contributed by atoms with Crippen LogP contribution in [-0.4, -0.2) is 9.97 Å². The van der Waals surface area contributed by atoms with E-state index < -0.39 is 5.82 Å². The Kier molecular flexibility index (Phi) is 3.81. The summed E-state index contributed by atoms with van der Waals surface area (Å²) in [6.45, 7) is 0. The number of aromatic nitrogens is 2. The predicted molar refractivity (Wildman–Crippen MR) is 69.5 cm³/mol. The molecule has 0 fully saturated rings. The number of nitrogen functional groups attached to an aromatic ring is 1. The van der Waals surface area contributed by atoms with Crippen molar-refractivity contribution < 1.29 is 4.39 Å². The Bertz CT molecular complexity index is 578. The average molecular weight is 288 g/mol. The quantitative estimate of drug-likeness (QED) is 0.598. The molecule has 0 bridgehead atoms. The van der Waals surface area contributed by atoms with E-state index in [4.69, 9.17) is 29.0 Å². The Morgan fingerprint density at radius 1 is 1.22 bits per heavy atom. The first kappa shape index (κ1) is 12.8. The highest BCUT2D eigenvalue weighted by Gasteiger charge is 2.07. The number of nitrogens with one attached hydrogen (secondary N) is 2. The fourth-order valence-corrected chi connectivity index (χ4v) is 1.53. The smallest absolute Gasteiger partial charge is 0.239 e. The largest absolute Gasteiger partial charge is 0.338 e. The summed E-state index contributed by atoms with van der Waals surface area (Å²) in [7, 11) is 0. The van der Waals surface area contributed by atoms with Gasteiger partial charge in [0.1, 0.15) is 0 Å². The molecule has 2 rings (SSSR count). The number of hydrazine groups is 1. The summed E-state index contributed by atoms with van der Waals surface area (Å²) in [6, 6.07) is 4.79. The van der Waals surface area contributed by atoms with Crippen LogP contribution in [0, 0.1) is 5.82 Å². The molecule has 94 valence electrons. The zero-order chi connectivity index (χ0) is 13.1. The van der Waals surface area contributed by atoms with E-state index in [1.54, 1.807) is 18.2 Å². The van der Waals surface area contributed by atoms with Crippen molar-refractivity contribution in [3.05, 3.63) is 40.3 Å². The minimum atomic E-state index is -0.611. The molecule has 4 N–H and O–H groups in total. The molecule has 0 spiro atoms. The minimum Gasteiger partial charge on any atom is -0.338 e. The second kappa shape index (κ2) is 5.34. The average Bonchev–Trinajstić information content (AvgIpc) is 2.36. The van der Waals surface area contributed by atoms with Crippen molar-refractivity contribution in [2.75, 3.05) is 10.7 Å². The summed E-state index contributed by atoms with van der Waals surface area (Å²) in [6.07, 6.45) is 1.00. The maximum atomic E-state index is 13.5. The second-order valence-electron chi connectivity index (χ2n) is 3.29. The van der Waals surface area contributed by atoms with Crippen LogP contribution in [-0.2, 0) is 0 Å². The second-order valence-corrected chi connectivity index (χ2v) is 4.10. The van der Waals surface area contributed by atoms with Crippen LogP contribution in [0.1, 0.15) is 0 Å². The number of anilines is 3. The third-order valence-corrected chi connectivity index (χ3v) is 2.79. The fourth-order valence-electron chi connectivity index (χ4n) is 1.23. The lowest BCUT2D eigenvalue weighted by molar-refractivity contribution is 0.619. The summed E-state index contributed by atoms with van der Waals surface area (Å²) >= 11 is 11.6. The molecule has 1 aromatic carbocycles. The predicted octanol–water partition coefficient (Wildman–Crippen LogP) is 2.95. The molecule has 1 aromatic heterocycles. The van der Waals surface area contributed by atoms with Gasteiger partial charge in [-0.15, -0.1) is 0 Å². The lowest BCUT2D eigenvalue weighted by Crippen LogP contribution is -2.11. The lowest BCUT2D eigenvalue weighted by Gasteiger charge is -2.08. The molecular weight excluding hydrogens is 280 g/mol. The van der Waals surface area contributed by atoms with Gasteiger partial charge in [0, 0.05) is 5.69 Å². The molecular formula is C10H8Cl2FN5. The van der Waals surface area contributed by atoms with Crippen LogP contribution in [0.25, 0.3) is 0 Å². The van der Waals surface area contributed by atoms with E-state index >= 15 is 0 Å². The summed E-state index contributed by atoms with van der Waals surface area (Å²) in [5.41, 5.74) is 2.77. The standard InChI is InChI=1S/C10H8Cl2FN5/c11-6-2-1-5(3-7(6)12)16-9-8(13)4-15-10(17-9)18-14/h1-4H,14H2,(H2,15,16,17,18). The first-order valence-corrected chi connectivity index (χ1v) is 5.57. The van der Waals surface area contributed by atoms with Crippen molar-refractivity contribution >= 4 is 40.7 Å². The SMILES string of the molecule is NNc1ncc(F)c(Nc2ccc(Cl)c(Cl)c2)n1. The molecule has 0 atom stereocenters. The first-order chi connectivity index (χ1) is 8.60. The number of halogens is 3. The molecule has 0 saturated heterocycles. The van der Waals surface area contributed by atoms with Crippen LogP contribution in [0.4, 0.5) is 21.8 Å². The molecule has 0 aliphatic carbocycles. The number of hydrogen-bond donors (Lipinski definition) is 3. The number of benzene rings is 1. The van der Waals surface area contributed by atoms with Gasteiger partial charge in [0.05, 0.1) is 16.2 Å². The first-order valence-electron chi connectivity index (χ1n) is 4.81. The zero-order valence-corrected chi connectivity index (χ0v) is 10.4. The van der Waals surface area contributed by atoms with Gasteiger partial charge in [-0.2, -0.15) is 4.98 Å². The Hall–Kier alpha value is -1.63. The summed E-state index contributed by atoms with van der Waals surface area (Å²) in [5, 5.41) is 3.52. The zero-order valence-electron chi connectivity index (χ0n) is 8.92. The van der Waals surface area contributed by atoms with Gasteiger partial charge < -0.3 is 5.32 Å². The fraction of sp³-hybridized carbons (Fsp3) is 0. The Labute approximate surface area is 112 Å². The van der Waals surface area contributed by atoms with Crippen molar-refractivity contribution in [2.45, 2.75) is 0 Å². The van der Waals surface area contributed by atoms with E-state index in [2.05, 4.69) is 20.7 Å². The van der Waals surface area contributed by atoms with Crippen molar-refractivity contribution in [1.82, 2.24) is 9.97 Å². The van der Waals surface area contributed by atoms with E-state index in [9.17, 15) is 4.39 Å². The van der Waals surface area contributed by atoms with Gasteiger partial charge in [0.15, 0.2) is 11.6 Å². The molecule has 2 aromatic rings. The minimum absolute atomic E-state index is 0.0173. The van der Waals surface area contributed by atoms with Gasteiger partial charge in [0.25, 0.3) is 0 Å². The summed E-state index contributed by atoms with van der Waals surface area (Å²) < 4.78 is 13.5. The van der Waals surface area contributed by atoms with E-state index in [1.807, 2.05) is 0 Å². The van der Waals surface area contributed by atoms with E-state index in [0.29, 0.717) is 15.7 Å². The molecule has 5 nitrogen and oxygen atoms in total. The third-order valence-electron chi connectivity index (χ3n) is 2.06. The van der Waals surface area contributed by atoms with Crippen LogP contribution in [0.3, 0.4) is 0 Å². The highest BCUT2D eigenvalue weighted by molar-refractivity contribution is 6.42. The lowest BCUT2D eigenvalue weighted by atomic mass is 10.3. The maximum absolute atomic E-state index is 13.5. The summed E-state index contributed by atoms with van der Waals surface area (Å²) in [5.74, 6) is 4.61. The highest BCUT2D eigenvalue weighted by Crippen LogP contribution is 2.27. The van der Waals surface area contributed by atoms with Gasteiger partial charge in [-0.1, -0.05) is 23.2 Å². The van der Waals surface area contributed by atoms with Crippen molar-refractivity contribution in [2.24, 2.45) is 5.84 Å². The van der Waals surface area contributed by atoms with Gasteiger partial charge in [0.2, 0.25) is 5.95 Å². The van der Waals surface area contributed by atoms with Gasteiger partial charge in [-0.05, 0) is 18.2 Å². The Balaban J connectivity index is 2.30. The number of nitrogens with zero attached hydrogens (tertiary/aromatic N) is 2. The third kappa shape index (κ3) is 2.79. The number of rotatable bonds is 3. The molecule has 0 aliphatic heterocycles. The monoisotopic (exact) mass is 287 g/mol. The van der Waals surface area contributed by atoms with Crippen molar-refractivity contribution in [1.29, 1.82) is 0 Å². The van der Waals surface area contributed by atoms with Crippen molar-refractivity contribution in [3.63, 3.8) is 0 Å². The summed E-state index contributed by atoms with van der Waals surface area (Å²) in [4.78, 5) is 7.45. The maximum Gasteiger partial charge on any atom is 0.239 e. The van der Waals surface area contributed by atoms with Gasteiger partial charge in [-0.3, -0.25) is 5.43 Å². The Morgan fingerprint density at radius 3 is 2.67 bits per heavy atom. The normalized spacial score (nSPS) is 10.2. The van der Waals surface area contributed by atoms with Crippen LogP contribution in [0.2, 0.25) is 10.0 Å². The van der Waals surface area contributed by atoms with Crippen LogP contribution < -0.4 is 16.6 Å². The van der Waals surface area contributed by atoms with Gasteiger partial charge >= 0.3 is 0 Å². The topological polar surface area (TPSA) is 75.9 Å². The molecule has 0 amide bonds. The van der Waals surface area contributed by atoms with Crippen molar-refractivity contribution in [3.8, 4) is 0 Å². The van der Waals surface area contributed by atoms with E-state index in [-0.39, 0.29) is 11.8 Å². The number of nitrogens with two attached hydrogens (primary N) is 1.